The summed E-state index contributed by atoms with van der Waals surface area (Å²) in [5, 5.41) is 9.54. The molecule has 1 atom stereocenters. The molecule has 0 bridgehead atoms. The van der Waals surface area contributed by atoms with Crippen molar-refractivity contribution in [3.8, 4) is 0 Å². The standard InChI is InChI=1S/C45H72O5/c1-3-5-7-9-11-13-15-17-19-21-22-24-25-27-29-31-33-35-37-39-44(47)49-42-43(41-46)50-45(48)40-38-36-34-32-30-28-26-23-20-18-16-14-12-10-8-6-4-2/h11-14,17-20,22,24,26-29,32,34,43,46H,3-10,15-16,21,23,25,30-31,33,35-42H2,1-2H3. The predicted molar refractivity (Wildman–Crippen MR) is 214 cm³/mol. The molecule has 282 valence electrons. The number of carbonyl (C=O) groups excluding carboxylic acids is 2. The minimum Gasteiger partial charge on any atom is -0.462 e. The van der Waals surface area contributed by atoms with Crippen molar-refractivity contribution in [3.05, 3.63) is 97.2 Å². The number of carbonyl (C=O) groups is 2. The Morgan fingerprint density at radius 2 is 0.820 bits per heavy atom. The van der Waals surface area contributed by atoms with Gasteiger partial charge in [0.2, 0.25) is 0 Å². The first kappa shape index (κ1) is 46.8. The van der Waals surface area contributed by atoms with E-state index in [2.05, 4.69) is 111 Å². The second kappa shape index (κ2) is 40.3. The molecule has 50 heavy (non-hydrogen) atoms. The quantitative estimate of drug-likeness (QED) is 0.0413. The summed E-state index contributed by atoms with van der Waals surface area (Å²) in [5.41, 5.74) is 0. The van der Waals surface area contributed by atoms with Crippen LogP contribution in [0.25, 0.3) is 0 Å². The Hall–Kier alpha value is -3.18. The van der Waals surface area contributed by atoms with Gasteiger partial charge >= 0.3 is 11.9 Å². The molecule has 5 nitrogen and oxygen atoms in total. The molecule has 0 amide bonds. The molecule has 1 N–H and O–H groups in total. The van der Waals surface area contributed by atoms with Gasteiger partial charge in [0.15, 0.2) is 6.10 Å². The number of esters is 2. The van der Waals surface area contributed by atoms with Crippen molar-refractivity contribution in [2.75, 3.05) is 13.2 Å². The van der Waals surface area contributed by atoms with Crippen LogP contribution < -0.4 is 0 Å². The summed E-state index contributed by atoms with van der Waals surface area (Å²) in [7, 11) is 0. The molecule has 0 spiro atoms. The maximum absolute atomic E-state index is 12.1. The molecule has 0 aliphatic heterocycles. The molecule has 0 aliphatic rings. The zero-order chi connectivity index (χ0) is 36.4. The lowest BCUT2D eigenvalue weighted by atomic mass is 10.1. The summed E-state index contributed by atoms with van der Waals surface area (Å²) < 4.78 is 10.5. The Bertz CT molecular complexity index is 1010. The average Bonchev–Trinajstić information content (AvgIpc) is 3.12. The van der Waals surface area contributed by atoms with Gasteiger partial charge in [-0.15, -0.1) is 0 Å². The van der Waals surface area contributed by atoms with Crippen molar-refractivity contribution in [2.45, 2.75) is 161 Å². The highest BCUT2D eigenvalue weighted by Crippen LogP contribution is 2.08. The molecule has 5 heteroatoms. The molecular formula is C45H72O5. The molecule has 0 rings (SSSR count). The van der Waals surface area contributed by atoms with E-state index in [1.807, 2.05) is 0 Å². The maximum Gasteiger partial charge on any atom is 0.306 e. The first-order valence-corrected chi connectivity index (χ1v) is 19.8. The highest BCUT2D eigenvalue weighted by Gasteiger charge is 2.15. The van der Waals surface area contributed by atoms with Gasteiger partial charge in [-0.1, -0.05) is 143 Å². The molecule has 0 saturated heterocycles. The highest BCUT2D eigenvalue weighted by atomic mass is 16.6. The number of ether oxygens (including phenoxy) is 2. The Balaban J connectivity index is 3.76. The fraction of sp³-hybridized carbons (Fsp3) is 0.600. The van der Waals surface area contributed by atoms with E-state index in [1.165, 1.54) is 51.4 Å². The van der Waals surface area contributed by atoms with Gasteiger partial charge in [-0.2, -0.15) is 0 Å². The molecule has 0 fully saturated rings. The summed E-state index contributed by atoms with van der Waals surface area (Å²) >= 11 is 0. The number of unbranched alkanes of at least 4 members (excludes halogenated alkanes) is 10. The van der Waals surface area contributed by atoms with E-state index in [0.29, 0.717) is 12.8 Å². The number of allylic oxidation sites excluding steroid dienone is 16. The van der Waals surface area contributed by atoms with Crippen LogP contribution in [0.1, 0.15) is 155 Å². The monoisotopic (exact) mass is 693 g/mol. The molecule has 0 aromatic rings. The van der Waals surface area contributed by atoms with Crippen LogP contribution in [-0.2, 0) is 19.1 Å². The lowest BCUT2D eigenvalue weighted by molar-refractivity contribution is -0.161. The van der Waals surface area contributed by atoms with Gasteiger partial charge in [0, 0.05) is 12.8 Å². The van der Waals surface area contributed by atoms with Gasteiger partial charge in [-0.3, -0.25) is 9.59 Å². The van der Waals surface area contributed by atoms with E-state index in [1.54, 1.807) is 0 Å². The average molecular weight is 693 g/mol. The van der Waals surface area contributed by atoms with Gasteiger partial charge in [0.1, 0.15) is 6.61 Å². The van der Waals surface area contributed by atoms with Crippen molar-refractivity contribution in [3.63, 3.8) is 0 Å². The SMILES string of the molecule is CCCCCC=CCC=CCC=CCC=CCCCCCC(=O)OCC(CO)OC(=O)CCCC=CCC=CCC=CCC=CCCCCC. The fourth-order valence-electron chi connectivity index (χ4n) is 4.82. The largest absolute Gasteiger partial charge is 0.462 e. The number of rotatable bonds is 34. The topological polar surface area (TPSA) is 72.8 Å². The third-order valence-electron chi connectivity index (χ3n) is 7.85. The van der Waals surface area contributed by atoms with Crippen molar-refractivity contribution in [1.82, 2.24) is 0 Å². The van der Waals surface area contributed by atoms with E-state index in [4.69, 9.17) is 9.47 Å². The van der Waals surface area contributed by atoms with Crippen LogP contribution in [0.15, 0.2) is 97.2 Å². The van der Waals surface area contributed by atoms with Crippen LogP contribution in [0, 0.1) is 0 Å². The van der Waals surface area contributed by atoms with Crippen LogP contribution in [-0.4, -0.2) is 36.4 Å². The van der Waals surface area contributed by atoms with E-state index in [9.17, 15) is 14.7 Å². The van der Waals surface area contributed by atoms with Crippen LogP contribution in [0.3, 0.4) is 0 Å². The van der Waals surface area contributed by atoms with Crippen LogP contribution in [0.5, 0.6) is 0 Å². The predicted octanol–water partition coefficient (Wildman–Crippen LogP) is 12.5. The summed E-state index contributed by atoms with van der Waals surface area (Å²) in [6.07, 6.45) is 56.1. The molecule has 0 aliphatic carbocycles. The number of hydrogen-bond acceptors (Lipinski definition) is 5. The van der Waals surface area contributed by atoms with E-state index in [0.717, 1.165) is 70.6 Å². The summed E-state index contributed by atoms with van der Waals surface area (Å²) in [5.74, 6) is -0.703. The summed E-state index contributed by atoms with van der Waals surface area (Å²) in [4.78, 5) is 24.2. The van der Waals surface area contributed by atoms with Crippen molar-refractivity contribution in [2.24, 2.45) is 0 Å². The van der Waals surface area contributed by atoms with Gasteiger partial charge in [0.05, 0.1) is 6.61 Å². The summed E-state index contributed by atoms with van der Waals surface area (Å²) in [6, 6.07) is 0. The van der Waals surface area contributed by atoms with Crippen LogP contribution in [0.2, 0.25) is 0 Å². The Labute approximate surface area is 307 Å². The molecule has 0 aromatic heterocycles. The lowest BCUT2D eigenvalue weighted by Crippen LogP contribution is -2.28. The smallest absolute Gasteiger partial charge is 0.306 e. The first-order valence-electron chi connectivity index (χ1n) is 19.8. The Morgan fingerprint density at radius 1 is 0.460 bits per heavy atom. The minimum atomic E-state index is -0.819. The number of hydrogen-bond donors (Lipinski definition) is 1. The maximum atomic E-state index is 12.1. The van der Waals surface area contributed by atoms with Gasteiger partial charge in [0.25, 0.3) is 0 Å². The molecule has 0 radical (unpaired) electrons. The fourth-order valence-corrected chi connectivity index (χ4v) is 4.82. The van der Waals surface area contributed by atoms with Gasteiger partial charge in [-0.25, -0.2) is 0 Å². The zero-order valence-electron chi connectivity index (χ0n) is 31.9. The third kappa shape index (κ3) is 37.6. The lowest BCUT2D eigenvalue weighted by Gasteiger charge is -2.15. The van der Waals surface area contributed by atoms with Gasteiger partial charge in [-0.05, 0) is 96.3 Å². The number of aliphatic hydroxyl groups is 1. The third-order valence-corrected chi connectivity index (χ3v) is 7.85. The molecule has 0 heterocycles. The second-order valence-corrected chi connectivity index (χ2v) is 12.6. The molecule has 1 unspecified atom stereocenters. The first-order chi connectivity index (χ1) is 24.6. The highest BCUT2D eigenvalue weighted by molar-refractivity contribution is 5.70. The Kier molecular flexibility index (Phi) is 37.7. The van der Waals surface area contributed by atoms with E-state index >= 15 is 0 Å². The molecule has 0 saturated carbocycles. The second-order valence-electron chi connectivity index (χ2n) is 12.6. The van der Waals surface area contributed by atoms with Crippen molar-refractivity contribution in [1.29, 1.82) is 0 Å². The zero-order valence-corrected chi connectivity index (χ0v) is 31.9. The Morgan fingerprint density at radius 3 is 1.22 bits per heavy atom. The van der Waals surface area contributed by atoms with Crippen LogP contribution >= 0.6 is 0 Å². The van der Waals surface area contributed by atoms with Crippen molar-refractivity contribution < 1.29 is 24.2 Å². The number of aliphatic hydroxyl groups excluding tert-OH is 1. The molecular weight excluding hydrogens is 620 g/mol. The van der Waals surface area contributed by atoms with E-state index in [-0.39, 0.29) is 31.6 Å². The van der Waals surface area contributed by atoms with Crippen LogP contribution in [0.4, 0.5) is 0 Å². The summed E-state index contributed by atoms with van der Waals surface area (Å²) in [6.45, 7) is 3.98. The normalized spacial score (nSPS) is 13.3. The minimum absolute atomic E-state index is 0.111. The molecule has 0 aromatic carbocycles. The van der Waals surface area contributed by atoms with Gasteiger partial charge < -0.3 is 14.6 Å². The van der Waals surface area contributed by atoms with E-state index < -0.39 is 6.10 Å². The van der Waals surface area contributed by atoms with Crippen molar-refractivity contribution >= 4 is 11.9 Å².